The van der Waals surface area contributed by atoms with Gasteiger partial charge in [-0.05, 0) is 40.6 Å². The van der Waals surface area contributed by atoms with E-state index < -0.39 is 12.0 Å². The molecule has 0 saturated carbocycles. The molecule has 0 saturated heterocycles. The van der Waals surface area contributed by atoms with E-state index in [1.165, 1.54) is 7.11 Å². The van der Waals surface area contributed by atoms with E-state index in [4.69, 9.17) is 16.3 Å². The van der Waals surface area contributed by atoms with Gasteiger partial charge in [-0.25, -0.2) is 4.79 Å². The molecule has 0 bridgehead atoms. The summed E-state index contributed by atoms with van der Waals surface area (Å²) in [6.07, 6.45) is 0.323. The third-order valence-electron chi connectivity index (χ3n) is 4.16. The lowest BCUT2D eigenvalue weighted by Gasteiger charge is -2.17. The Labute approximate surface area is 156 Å². The molecule has 3 aromatic carbocycles. The lowest BCUT2D eigenvalue weighted by atomic mass is 10.0. The molecule has 0 aliphatic carbocycles. The SMILES string of the molecule is COC(=O)[C@H](Cc1ccc(Cl)cc1)NC(=O)c1ccc2ccccc2c1. The summed E-state index contributed by atoms with van der Waals surface area (Å²) in [6, 6.07) is 19.6. The highest BCUT2D eigenvalue weighted by Gasteiger charge is 2.22. The molecule has 1 atom stereocenters. The van der Waals surface area contributed by atoms with Crippen LogP contribution in [-0.2, 0) is 16.0 Å². The van der Waals surface area contributed by atoms with E-state index in [0.29, 0.717) is 17.0 Å². The van der Waals surface area contributed by atoms with Crippen molar-refractivity contribution < 1.29 is 14.3 Å². The van der Waals surface area contributed by atoms with Crippen molar-refractivity contribution >= 4 is 34.2 Å². The minimum absolute atomic E-state index is 0.319. The molecule has 5 heteroatoms. The first-order valence-corrected chi connectivity index (χ1v) is 8.56. The molecule has 0 heterocycles. The van der Waals surface area contributed by atoms with Gasteiger partial charge in [0.05, 0.1) is 7.11 Å². The summed E-state index contributed by atoms with van der Waals surface area (Å²) < 4.78 is 4.84. The molecule has 0 aliphatic rings. The summed E-state index contributed by atoms with van der Waals surface area (Å²) in [5, 5.41) is 5.40. The van der Waals surface area contributed by atoms with Crippen LogP contribution in [0.2, 0.25) is 5.02 Å². The van der Waals surface area contributed by atoms with Crippen LogP contribution in [0, 0.1) is 0 Å². The summed E-state index contributed by atoms with van der Waals surface area (Å²) >= 11 is 5.89. The van der Waals surface area contributed by atoms with Crippen molar-refractivity contribution in [3.63, 3.8) is 0 Å². The van der Waals surface area contributed by atoms with Gasteiger partial charge >= 0.3 is 5.97 Å². The van der Waals surface area contributed by atoms with Crippen LogP contribution >= 0.6 is 11.6 Å². The smallest absolute Gasteiger partial charge is 0.328 e. The van der Waals surface area contributed by atoms with Crippen LogP contribution in [0.1, 0.15) is 15.9 Å². The standard InChI is InChI=1S/C21H18ClNO3/c1-26-21(25)19(12-14-6-10-18(22)11-7-14)23-20(24)17-9-8-15-4-2-3-5-16(15)13-17/h2-11,13,19H,12H2,1H3,(H,23,24)/t19-/m0/s1. The van der Waals surface area contributed by atoms with E-state index in [0.717, 1.165) is 16.3 Å². The van der Waals surface area contributed by atoms with Gasteiger partial charge in [0.15, 0.2) is 0 Å². The van der Waals surface area contributed by atoms with E-state index in [1.54, 1.807) is 24.3 Å². The number of nitrogens with one attached hydrogen (secondary N) is 1. The number of carbonyl (C=O) groups is 2. The van der Waals surface area contributed by atoms with E-state index in [2.05, 4.69) is 5.32 Å². The molecule has 0 aromatic heterocycles. The van der Waals surface area contributed by atoms with E-state index >= 15 is 0 Å². The fourth-order valence-electron chi connectivity index (χ4n) is 2.76. The van der Waals surface area contributed by atoms with Gasteiger partial charge in [-0.1, -0.05) is 54.1 Å². The van der Waals surface area contributed by atoms with Crippen molar-refractivity contribution in [2.24, 2.45) is 0 Å². The molecular formula is C21H18ClNO3. The molecule has 4 nitrogen and oxygen atoms in total. The van der Waals surface area contributed by atoms with Crippen LogP contribution in [0.4, 0.5) is 0 Å². The molecule has 1 N–H and O–H groups in total. The number of methoxy groups -OCH3 is 1. The van der Waals surface area contributed by atoms with E-state index in [1.807, 2.05) is 42.5 Å². The summed E-state index contributed by atoms with van der Waals surface area (Å²) in [7, 11) is 1.30. The third-order valence-corrected chi connectivity index (χ3v) is 4.41. The van der Waals surface area contributed by atoms with Gasteiger partial charge in [0, 0.05) is 17.0 Å². The molecule has 0 radical (unpaired) electrons. The van der Waals surface area contributed by atoms with Gasteiger partial charge in [0.25, 0.3) is 5.91 Å². The lowest BCUT2D eigenvalue weighted by molar-refractivity contribution is -0.142. The lowest BCUT2D eigenvalue weighted by Crippen LogP contribution is -2.43. The summed E-state index contributed by atoms with van der Waals surface area (Å²) in [4.78, 5) is 24.7. The van der Waals surface area contributed by atoms with Crippen molar-refractivity contribution in [2.45, 2.75) is 12.5 Å². The Morgan fingerprint density at radius 1 is 1.00 bits per heavy atom. The minimum Gasteiger partial charge on any atom is -0.467 e. The Balaban J connectivity index is 1.79. The molecule has 3 rings (SSSR count). The molecule has 0 unspecified atom stereocenters. The second kappa shape index (κ2) is 8.02. The Morgan fingerprint density at radius 3 is 2.38 bits per heavy atom. The van der Waals surface area contributed by atoms with Crippen LogP contribution < -0.4 is 5.32 Å². The number of amides is 1. The normalized spacial score (nSPS) is 11.8. The second-order valence-corrected chi connectivity index (χ2v) is 6.38. The number of benzene rings is 3. The molecule has 3 aromatic rings. The van der Waals surface area contributed by atoms with Crippen LogP contribution in [0.3, 0.4) is 0 Å². The summed E-state index contributed by atoms with van der Waals surface area (Å²) in [5.74, 6) is -0.811. The molecule has 1 amide bonds. The second-order valence-electron chi connectivity index (χ2n) is 5.94. The maximum absolute atomic E-state index is 12.6. The zero-order chi connectivity index (χ0) is 18.5. The monoisotopic (exact) mass is 367 g/mol. The fourth-order valence-corrected chi connectivity index (χ4v) is 2.89. The zero-order valence-corrected chi connectivity index (χ0v) is 15.0. The van der Waals surface area contributed by atoms with Crippen molar-refractivity contribution in [3.8, 4) is 0 Å². The fraction of sp³-hybridized carbons (Fsp3) is 0.143. The molecule has 0 fully saturated rings. The van der Waals surface area contributed by atoms with Gasteiger partial charge in [-0.15, -0.1) is 0 Å². The Kier molecular flexibility index (Phi) is 5.54. The summed E-state index contributed by atoms with van der Waals surface area (Å²) in [5.41, 5.74) is 1.37. The van der Waals surface area contributed by atoms with Gasteiger partial charge in [-0.3, -0.25) is 4.79 Å². The molecule has 132 valence electrons. The number of fused-ring (bicyclic) bond motifs is 1. The predicted octanol–water partition coefficient (Wildman–Crippen LogP) is 4.01. The molecule has 0 spiro atoms. The highest BCUT2D eigenvalue weighted by molar-refractivity contribution is 6.30. The highest BCUT2D eigenvalue weighted by Crippen LogP contribution is 2.16. The largest absolute Gasteiger partial charge is 0.467 e. The number of hydrogen-bond acceptors (Lipinski definition) is 3. The van der Waals surface area contributed by atoms with Crippen molar-refractivity contribution in [2.75, 3.05) is 7.11 Å². The maximum atomic E-state index is 12.6. The number of esters is 1. The summed E-state index contributed by atoms with van der Waals surface area (Å²) in [6.45, 7) is 0. The van der Waals surface area contributed by atoms with Gasteiger partial charge in [-0.2, -0.15) is 0 Å². The third kappa shape index (κ3) is 4.21. The van der Waals surface area contributed by atoms with Crippen LogP contribution in [0.5, 0.6) is 0 Å². The number of hydrogen-bond donors (Lipinski definition) is 1. The first-order valence-electron chi connectivity index (χ1n) is 8.19. The van der Waals surface area contributed by atoms with Crippen molar-refractivity contribution in [3.05, 3.63) is 82.9 Å². The van der Waals surface area contributed by atoms with Crippen molar-refractivity contribution in [1.29, 1.82) is 0 Å². The predicted molar refractivity (Wildman–Crippen MR) is 102 cm³/mol. The molecular weight excluding hydrogens is 350 g/mol. The van der Waals surface area contributed by atoms with Gasteiger partial charge in [0.2, 0.25) is 0 Å². The Morgan fingerprint density at radius 2 is 1.69 bits per heavy atom. The van der Waals surface area contributed by atoms with Crippen LogP contribution in [0.25, 0.3) is 10.8 Å². The molecule has 0 aliphatic heterocycles. The highest BCUT2D eigenvalue weighted by atomic mass is 35.5. The maximum Gasteiger partial charge on any atom is 0.328 e. The average Bonchev–Trinajstić information content (AvgIpc) is 2.68. The first-order chi connectivity index (χ1) is 12.6. The van der Waals surface area contributed by atoms with Gasteiger partial charge < -0.3 is 10.1 Å². The van der Waals surface area contributed by atoms with E-state index in [-0.39, 0.29) is 5.91 Å². The number of rotatable bonds is 5. The van der Waals surface area contributed by atoms with Crippen LogP contribution in [-0.4, -0.2) is 25.0 Å². The zero-order valence-electron chi connectivity index (χ0n) is 14.2. The Hall–Kier alpha value is -2.85. The topological polar surface area (TPSA) is 55.4 Å². The minimum atomic E-state index is -0.778. The number of carbonyl (C=O) groups excluding carboxylic acids is 2. The molecule has 26 heavy (non-hydrogen) atoms. The average molecular weight is 368 g/mol. The van der Waals surface area contributed by atoms with E-state index in [9.17, 15) is 9.59 Å². The quantitative estimate of drug-likeness (QED) is 0.693. The van der Waals surface area contributed by atoms with Crippen LogP contribution in [0.15, 0.2) is 66.7 Å². The van der Waals surface area contributed by atoms with Crippen molar-refractivity contribution in [1.82, 2.24) is 5.32 Å². The number of ether oxygens (including phenoxy) is 1. The number of halogens is 1. The Bertz CT molecular complexity index is 937. The first kappa shape index (κ1) is 18.0. The van der Waals surface area contributed by atoms with Gasteiger partial charge in [0.1, 0.15) is 6.04 Å².